The zero-order valence-corrected chi connectivity index (χ0v) is 10.3. The number of halogens is 4. The van der Waals surface area contributed by atoms with Crippen molar-refractivity contribution >= 4 is 37.5 Å². The first kappa shape index (κ1) is 12.4. The van der Waals surface area contributed by atoms with Gasteiger partial charge in [0.2, 0.25) is 0 Å². The summed E-state index contributed by atoms with van der Waals surface area (Å²) in [6, 6.07) is 0. The van der Waals surface area contributed by atoms with Crippen molar-refractivity contribution in [2.75, 3.05) is 0 Å². The molecule has 0 N–H and O–H groups in total. The maximum absolute atomic E-state index is 12.6. The summed E-state index contributed by atoms with van der Waals surface area (Å²) in [6.45, 7) is 0. The van der Waals surface area contributed by atoms with E-state index in [1.807, 2.05) is 0 Å². The molecule has 0 saturated carbocycles. The highest BCUT2D eigenvalue weighted by molar-refractivity contribution is 9.10. The van der Waals surface area contributed by atoms with Crippen molar-refractivity contribution < 1.29 is 13.7 Å². The summed E-state index contributed by atoms with van der Waals surface area (Å²) in [6.07, 6.45) is -1.86. The topological polar surface area (TPSA) is 56.0 Å². The summed E-state index contributed by atoms with van der Waals surface area (Å²) in [5.74, 6) is 0. The second kappa shape index (κ2) is 4.93. The lowest BCUT2D eigenvalue weighted by Gasteiger charge is -2.07. The van der Waals surface area contributed by atoms with Crippen molar-refractivity contribution in [2.24, 2.45) is 0 Å². The van der Waals surface area contributed by atoms with Crippen molar-refractivity contribution in [3.05, 3.63) is 32.0 Å². The smallest absolute Gasteiger partial charge is 0.258 e. The third-order valence-corrected chi connectivity index (χ3v) is 3.02. The van der Waals surface area contributed by atoms with Crippen LogP contribution in [0.4, 0.5) is 14.5 Å². The van der Waals surface area contributed by atoms with Gasteiger partial charge in [-0.3, -0.25) is 15.1 Å². The van der Waals surface area contributed by atoms with Gasteiger partial charge in [0.25, 0.3) is 6.43 Å². The second-order valence-corrected chi connectivity index (χ2v) is 3.86. The molecule has 0 bridgehead atoms. The summed E-state index contributed by atoms with van der Waals surface area (Å²) in [5, 5.41) is 10.6. The maximum atomic E-state index is 12.6. The van der Waals surface area contributed by atoms with E-state index in [1.54, 1.807) is 0 Å². The average molecular weight is 346 g/mol. The Bertz CT molecular complexity index is 401. The van der Waals surface area contributed by atoms with Gasteiger partial charge in [-0.05, 0) is 15.9 Å². The van der Waals surface area contributed by atoms with Crippen LogP contribution in [0.25, 0.3) is 0 Å². The predicted octanol–water partition coefficient (Wildman–Crippen LogP) is 3.58. The van der Waals surface area contributed by atoms with Crippen LogP contribution in [-0.4, -0.2) is 9.91 Å². The lowest BCUT2D eigenvalue weighted by molar-refractivity contribution is -0.386. The van der Waals surface area contributed by atoms with Gasteiger partial charge in [-0.15, -0.1) is 0 Å². The third-order valence-electron chi connectivity index (χ3n) is 1.66. The number of aromatic nitrogens is 1. The summed E-state index contributed by atoms with van der Waals surface area (Å²) >= 11 is 5.78. The summed E-state index contributed by atoms with van der Waals surface area (Å²) < 4.78 is 25.0. The van der Waals surface area contributed by atoms with Crippen LogP contribution in [0.15, 0.2) is 10.7 Å². The number of hydrogen-bond donors (Lipinski definition) is 0. The Labute approximate surface area is 100 Å². The first-order valence-corrected chi connectivity index (χ1v) is 5.56. The molecule has 0 aromatic carbocycles. The molecular formula is C7H4Br2F2N2O2. The molecule has 1 aromatic heterocycles. The normalized spacial score (nSPS) is 10.7. The molecule has 0 saturated heterocycles. The fourth-order valence-corrected chi connectivity index (χ4v) is 2.08. The van der Waals surface area contributed by atoms with Crippen LogP contribution < -0.4 is 0 Å². The predicted molar refractivity (Wildman–Crippen MR) is 56.2 cm³/mol. The summed E-state index contributed by atoms with van der Waals surface area (Å²) in [5.41, 5.74) is -0.821. The largest absolute Gasteiger partial charge is 0.302 e. The van der Waals surface area contributed by atoms with Crippen LogP contribution >= 0.6 is 31.9 Å². The van der Waals surface area contributed by atoms with E-state index in [-0.39, 0.29) is 15.5 Å². The SMILES string of the molecule is O=[N+]([O-])c1cnc(CBr)c(C(F)F)c1Br. The number of pyridine rings is 1. The first-order chi connectivity index (χ1) is 6.99. The van der Waals surface area contributed by atoms with Gasteiger partial charge >= 0.3 is 5.69 Å². The molecular weight excluding hydrogens is 342 g/mol. The second-order valence-electron chi connectivity index (χ2n) is 2.51. The van der Waals surface area contributed by atoms with Crippen LogP contribution in [0.1, 0.15) is 17.7 Å². The van der Waals surface area contributed by atoms with Crippen molar-refractivity contribution in [2.45, 2.75) is 11.8 Å². The minimum absolute atomic E-state index is 0.0856. The Balaban J connectivity index is 3.42. The summed E-state index contributed by atoms with van der Waals surface area (Å²) in [4.78, 5) is 13.3. The lowest BCUT2D eigenvalue weighted by atomic mass is 10.2. The Hall–Kier alpha value is -0.630. The van der Waals surface area contributed by atoms with Gasteiger partial charge < -0.3 is 0 Å². The van der Waals surface area contributed by atoms with E-state index in [0.717, 1.165) is 6.20 Å². The minimum atomic E-state index is -2.81. The number of alkyl halides is 3. The number of rotatable bonds is 3. The van der Waals surface area contributed by atoms with Crippen molar-refractivity contribution in [1.29, 1.82) is 0 Å². The fraction of sp³-hybridized carbons (Fsp3) is 0.286. The molecule has 0 fully saturated rings. The highest BCUT2D eigenvalue weighted by Crippen LogP contribution is 2.36. The maximum Gasteiger partial charge on any atom is 0.302 e. The number of nitrogens with zero attached hydrogens (tertiary/aromatic N) is 2. The highest BCUT2D eigenvalue weighted by atomic mass is 79.9. The molecule has 4 nitrogen and oxygen atoms in total. The van der Waals surface area contributed by atoms with Gasteiger partial charge in [-0.2, -0.15) is 0 Å². The molecule has 0 spiro atoms. The van der Waals surface area contributed by atoms with Gasteiger partial charge in [-0.1, -0.05) is 15.9 Å². The standard InChI is InChI=1S/C7H4Br2F2N2O2/c8-1-3-5(7(10)11)6(9)4(2-12-3)13(14)15/h2,7H,1H2. The molecule has 8 heteroatoms. The molecule has 1 rings (SSSR count). The Kier molecular flexibility index (Phi) is 4.09. The molecule has 0 unspecified atom stereocenters. The molecule has 0 radical (unpaired) electrons. The van der Waals surface area contributed by atoms with E-state index in [1.165, 1.54) is 0 Å². The van der Waals surface area contributed by atoms with Gasteiger partial charge in [-0.25, -0.2) is 8.78 Å². The Morgan fingerprint density at radius 2 is 2.20 bits per heavy atom. The van der Waals surface area contributed by atoms with E-state index < -0.39 is 22.6 Å². The molecule has 0 amide bonds. The molecule has 0 aliphatic rings. The molecule has 15 heavy (non-hydrogen) atoms. The Morgan fingerprint density at radius 3 is 2.60 bits per heavy atom. The first-order valence-electron chi connectivity index (χ1n) is 3.64. The average Bonchev–Trinajstić information content (AvgIpc) is 2.15. The Morgan fingerprint density at radius 1 is 1.60 bits per heavy atom. The zero-order valence-electron chi connectivity index (χ0n) is 7.08. The van der Waals surface area contributed by atoms with Crippen LogP contribution in [0.2, 0.25) is 0 Å². The number of hydrogen-bond acceptors (Lipinski definition) is 3. The van der Waals surface area contributed by atoms with Gasteiger partial charge in [0.15, 0.2) is 0 Å². The van der Waals surface area contributed by atoms with Gasteiger partial charge in [0.1, 0.15) is 10.7 Å². The van der Waals surface area contributed by atoms with E-state index in [2.05, 4.69) is 36.8 Å². The van der Waals surface area contributed by atoms with Crippen LogP contribution in [0, 0.1) is 10.1 Å². The lowest BCUT2D eigenvalue weighted by Crippen LogP contribution is -2.01. The zero-order chi connectivity index (χ0) is 11.6. The molecule has 82 valence electrons. The van der Waals surface area contributed by atoms with Crippen molar-refractivity contribution in [3.8, 4) is 0 Å². The van der Waals surface area contributed by atoms with Crippen LogP contribution in [0.5, 0.6) is 0 Å². The van der Waals surface area contributed by atoms with Crippen molar-refractivity contribution in [1.82, 2.24) is 4.98 Å². The fourth-order valence-electron chi connectivity index (χ4n) is 0.985. The van der Waals surface area contributed by atoms with Crippen molar-refractivity contribution in [3.63, 3.8) is 0 Å². The van der Waals surface area contributed by atoms with E-state index >= 15 is 0 Å². The molecule has 1 heterocycles. The summed E-state index contributed by atoms with van der Waals surface area (Å²) in [7, 11) is 0. The molecule has 1 aromatic rings. The minimum Gasteiger partial charge on any atom is -0.258 e. The molecule has 0 aliphatic carbocycles. The quantitative estimate of drug-likeness (QED) is 0.478. The molecule has 0 aliphatic heterocycles. The monoisotopic (exact) mass is 344 g/mol. The van der Waals surface area contributed by atoms with E-state index in [4.69, 9.17) is 0 Å². The molecule has 0 atom stereocenters. The van der Waals surface area contributed by atoms with Gasteiger partial charge in [0.05, 0.1) is 16.2 Å². The van der Waals surface area contributed by atoms with Gasteiger partial charge in [0, 0.05) is 5.33 Å². The van der Waals surface area contributed by atoms with Crippen LogP contribution in [0.3, 0.4) is 0 Å². The third kappa shape index (κ3) is 2.49. The highest BCUT2D eigenvalue weighted by Gasteiger charge is 2.25. The van der Waals surface area contributed by atoms with Crippen LogP contribution in [-0.2, 0) is 5.33 Å². The number of nitro groups is 1. The van der Waals surface area contributed by atoms with E-state index in [0.29, 0.717) is 0 Å². The van der Waals surface area contributed by atoms with E-state index in [9.17, 15) is 18.9 Å².